The van der Waals surface area contributed by atoms with Gasteiger partial charge in [0.15, 0.2) is 24.8 Å². The third-order valence-electron chi connectivity index (χ3n) is 5.06. The van der Waals surface area contributed by atoms with Crippen LogP contribution in [0.15, 0.2) is 73.3 Å². The average Bonchev–Trinajstić information content (AvgIpc) is 2.60. The Morgan fingerprint density at radius 3 is 2.42 bits per heavy atom. The number of benzene rings is 1. The van der Waals surface area contributed by atoms with Gasteiger partial charge < -0.3 is 0 Å². The van der Waals surface area contributed by atoms with Crippen LogP contribution in [0.5, 0.6) is 0 Å². The van der Waals surface area contributed by atoms with Crippen molar-refractivity contribution in [1.29, 1.82) is 0 Å². The maximum atomic E-state index is 2.32. The lowest BCUT2D eigenvalue weighted by Gasteiger charge is -2.08. The van der Waals surface area contributed by atoms with E-state index in [1.807, 2.05) is 0 Å². The number of hydrogen-bond donors (Lipinski definition) is 0. The van der Waals surface area contributed by atoms with Gasteiger partial charge in [-0.25, -0.2) is 0 Å². The molecule has 0 aliphatic carbocycles. The molecule has 0 aliphatic heterocycles. The molecule has 24 heavy (non-hydrogen) atoms. The summed E-state index contributed by atoms with van der Waals surface area (Å²) in [7, 11) is 0. The quantitative estimate of drug-likeness (QED) is 0.231. The lowest BCUT2D eigenvalue weighted by Crippen LogP contribution is -2.22. The van der Waals surface area contributed by atoms with E-state index in [0.717, 1.165) is 0 Å². The molecule has 0 aliphatic rings. The number of hydrogen-bond acceptors (Lipinski definition) is 0. The third-order valence-corrected chi connectivity index (χ3v) is 5.06. The molecule has 0 amide bonds. The van der Waals surface area contributed by atoms with Crippen LogP contribution in [0.25, 0.3) is 32.6 Å². The van der Waals surface area contributed by atoms with Crippen LogP contribution >= 0.6 is 0 Å². The molecule has 0 N–H and O–H groups in total. The van der Waals surface area contributed by atoms with Gasteiger partial charge in [0.1, 0.15) is 0 Å². The average molecular weight is 310 g/mol. The zero-order chi connectivity index (χ0) is 16.3. The van der Waals surface area contributed by atoms with Crippen LogP contribution in [0.4, 0.5) is 0 Å². The maximum absolute atomic E-state index is 2.32. The zero-order valence-electron chi connectivity index (χ0n) is 13.8. The van der Waals surface area contributed by atoms with E-state index in [9.17, 15) is 0 Å². The molecule has 0 radical (unpaired) electrons. The summed E-state index contributed by atoms with van der Waals surface area (Å²) in [6.07, 6.45) is 8.73. The summed E-state index contributed by atoms with van der Waals surface area (Å²) >= 11 is 0. The van der Waals surface area contributed by atoms with E-state index in [2.05, 4.69) is 96.0 Å². The van der Waals surface area contributed by atoms with Crippen molar-refractivity contribution in [3.63, 3.8) is 0 Å². The standard InChI is InChI=1S/C22H18N2/c1-15-11-17-13-24-10-6-4-8-21(24)16(2)22(17)19-12-18-7-3-5-9-23(18)14-20(15)19/h3-14H,1-2H3/q+2. The molecule has 5 aromatic rings. The first-order valence-electron chi connectivity index (χ1n) is 8.29. The predicted molar refractivity (Wildman–Crippen MR) is 97.2 cm³/mol. The molecule has 5 rings (SSSR count). The molecule has 0 spiro atoms. The highest BCUT2D eigenvalue weighted by Gasteiger charge is 2.16. The molecule has 0 saturated heterocycles. The fourth-order valence-electron chi connectivity index (χ4n) is 3.89. The zero-order valence-corrected chi connectivity index (χ0v) is 13.8. The van der Waals surface area contributed by atoms with Crippen LogP contribution < -0.4 is 8.80 Å². The summed E-state index contributed by atoms with van der Waals surface area (Å²) in [5.41, 5.74) is 5.12. The Morgan fingerprint density at radius 2 is 1.54 bits per heavy atom. The summed E-state index contributed by atoms with van der Waals surface area (Å²) in [6, 6.07) is 17.3. The van der Waals surface area contributed by atoms with Gasteiger partial charge in [-0.2, -0.15) is 8.80 Å². The largest absolute Gasteiger partial charge is 0.214 e. The van der Waals surface area contributed by atoms with Crippen LogP contribution in [0.2, 0.25) is 0 Å². The number of aryl methyl sites for hydroxylation is 2. The van der Waals surface area contributed by atoms with E-state index in [1.165, 1.54) is 43.7 Å². The minimum Gasteiger partial charge on any atom is -0.167 e. The minimum atomic E-state index is 1.22. The molecule has 0 unspecified atom stereocenters. The van der Waals surface area contributed by atoms with E-state index in [0.29, 0.717) is 0 Å². The molecular weight excluding hydrogens is 292 g/mol. The fourth-order valence-corrected chi connectivity index (χ4v) is 3.89. The second-order valence-corrected chi connectivity index (χ2v) is 6.54. The molecule has 0 bridgehead atoms. The highest BCUT2D eigenvalue weighted by molar-refractivity contribution is 6.11. The van der Waals surface area contributed by atoms with Crippen molar-refractivity contribution in [1.82, 2.24) is 0 Å². The lowest BCUT2D eigenvalue weighted by molar-refractivity contribution is -0.510. The van der Waals surface area contributed by atoms with E-state index < -0.39 is 0 Å². The van der Waals surface area contributed by atoms with Gasteiger partial charge in [-0.05, 0) is 37.6 Å². The Kier molecular flexibility index (Phi) is 2.66. The molecule has 114 valence electrons. The number of fused-ring (bicyclic) bond motifs is 5. The highest BCUT2D eigenvalue weighted by Crippen LogP contribution is 2.31. The first-order chi connectivity index (χ1) is 11.7. The summed E-state index contributed by atoms with van der Waals surface area (Å²) in [5, 5.41) is 5.30. The molecule has 4 heterocycles. The van der Waals surface area contributed by atoms with Crippen LogP contribution in [0.1, 0.15) is 11.1 Å². The van der Waals surface area contributed by atoms with Gasteiger partial charge in [0.2, 0.25) is 11.0 Å². The van der Waals surface area contributed by atoms with Crippen LogP contribution in [-0.4, -0.2) is 0 Å². The molecule has 2 nitrogen and oxygen atoms in total. The molecule has 2 heteroatoms. The molecule has 4 aromatic heterocycles. The van der Waals surface area contributed by atoms with Crippen molar-refractivity contribution in [3.05, 3.63) is 84.4 Å². The molecular formula is C22H18N2+2. The Labute approximate surface area is 140 Å². The second-order valence-electron chi connectivity index (χ2n) is 6.54. The van der Waals surface area contributed by atoms with Gasteiger partial charge in [-0.1, -0.05) is 0 Å². The van der Waals surface area contributed by atoms with E-state index in [1.54, 1.807) is 0 Å². The molecule has 0 fully saturated rings. The van der Waals surface area contributed by atoms with Crippen LogP contribution in [0, 0.1) is 13.8 Å². The normalized spacial score (nSPS) is 11.8. The first-order valence-corrected chi connectivity index (χ1v) is 8.29. The highest BCUT2D eigenvalue weighted by atomic mass is 14.9. The number of pyridine rings is 4. The summed E-state index contributed by atoms with van der Waals surface area (Å²) in [4.78, 5) is 0. The van der Waals surface area contributed by atoms with Crippen molar-refractivity contribution >= 4 is 32.6 Å². The number of rotatable bonds is 0. The first kappa shape index (κ1) is 13.4. The van der Waals surface area contributed by atoms with Gasteiger partial charge in [-0.15, -0.1) is 0 Å². The Bertz CT molecular complexity index is 1270. The molecule has 0 saturated carbocycles. The molecule has 1 aromatic carbocycles. The molecule has 0 atom stereocenters. The number of nitrogens with zero attached hydrogens (tertiary/aromatic N) is 2. The minimum absolute atomic E-state index is 1.22. The predicted octanol–water partition coefficient (Wildman–Crippen LogP) is 4.09. The van der Waals surface area contributed by atoms with Gasteiger partial charge in [0.25, 0.3) is 0 Å². The van der Waals surface area contributed by atoms with E-state index in [-0.39, 0.29) is 0 Å². The second kappa shape index (κ2) is 4.75. The van der Waals surface area contributed by atoms with Crippen molar-refractivity contribution in [3.8, 4) is 0 Å². The fraction of sp³-hybridized carbons (Fsp3) is 0.0909. The van der Waals surface area contributed by atoms with Gasteiger partial charge in [0, 0.05) is 57.4 Å². The van der Waals surface area contributed by atoms with Crippen molar-refractivity contribution in [2.24, 2.45) is 0 Å². The number of aromatic nitrogens is 2. The Morgan fingerprint density at radius 1 is 0.750 bits per heavy atom. The van der Waals surface area contributed by atoms with Crippen molar-refractivity contribution in [2.45, 2.75) is 13.8 Å². The van der Waals surface area contributed by atoms with Crippen molar-refractivity contribution in [2.75, 3.05) is 0 Å². The van der Waals surface area contributed by atoms with Crippen LogP contribution in [-0.2, 0) is 0 Å². The van der Waals surface area contributed by atoms with Gasteiger partial charge in [0.05, 0.1) is 0 Å². The lowest BCUT2D eigenvalue weighted by atomic mass is 9.96. The topological polar surface area (TPSA) is 8.20 Å². The Hall–Kier alpha value is -3.00. The summed E-state index contributed by atoms with van der Waals surface area (Å²) in [5.74, 6) is 0. The third kappa shape index (κ3) is 1.77. The van der Waals surface area contributed by atoms with E-state index in [4.69, 9.17) is 0 Å². The maximum Gasteiger partial charge on any atom is 0.214 e. The monoisotopic (exact) mass is 310 g/mol. The van der Waals surface area contributed by atoms with Gasteiger partial charge in [-0.3, -0.25) is 0 Å². The summed E-state index contributed by atoms with van der Waals surface area (Å²) in [6.45, 7) is 4.43. The summed E-state index contributed by atoms with van der Waals surface area (Å²) < 4.78 is 4.42. The van der Waals surface area contributed by atoms with E-state index >= 15 is 0 Å². The van der Waals surface area contributed by atoms with Crippen LogP contribution in [0.3, 0.4) is 0 Å². The van der Waals surface area contributed by atoms with Crippen molar-refractivity contribution < 1.29 is 8.80 Å². The Balaban J connectivity index is 2.08. The smallest absolute Gasteiger partial charge is 0.167 e. The van der Waals surface area contributed by atoms with Gasteiger partial charge >= 0.3 is 0 Å². The SMILES string of the molecule is Cc1cc2c[n+]3ccccc3c(C)c2c2cc3cccc[n+]3cc12.